The van der Waals surface area contributed by atoms with Gasteiger partial charge >= 0.3 is 0 Å². The number of hydrogen-bond donors (Lipinski definition) is 2. The maximum absolute atomic E-state index is 13.2. The summed E-state index contributed by atoms with van der Waals surface area (Å²) in [6.07, 6.45) is 5.59. The molecule has 2 N–H and O–H groups in total. The molecule has 2 aromatic rings. The highest BCUT2D eigenvalue weighted by molar-refractivity contribution is 7.89. The normalized spacial score (nSPS) is 20.2. The van der Waals surface area contributed by atoms with Crippen LogP contribution in [0.2, 0.25) is 5.02 Å². The molecular weight excluding hydrogens is 452 g/mol. The van der Waals surface area contributed by atoms with Crippen molar-refractivity contribution in [2.24, 2.45) is 5.92 Å². The van der Waals surface area contributed by atoms with E-state index in [0.717, 1.165) is 19.3 Å². The summed E-state index contributed by atoms with van der Waals surface area (Å²) in [5.41, 5.74) is 0.894. The Hall–Kier alpha value is -2.36. The summed E-state index contributed by atoms with van der Waals surface area (Å²) in [5, 5.41) is 3.40. The molecule has 2 aliphatic rings. The van der Waals surface area contributed by atoms with Crippen molar-refractivity contribution in [1.29, 1.82) is 0 Å². The zero-order chi connectivity index (χ0) is 22.7. The topological polar surface area (TPSA) is 103 Å². The zero-order valence-electron chi connectivity index (χ0n) is 17.7. The first kappa shape index (κ1) is 22.8. The molecule has 3 heterocycles. The van der Waals surface area contributed by atoms with E-state index in [1.807, 2.05) is 0 Å². The smallest absolute Gasteiger partial charge is 0.270 e. The molecule has 172 valence electrons. The third-order valence-corrected chi connectivity index (χ3v) is 8.13. The van der Waals surface area contributed by atoms with Crippen molar-refractivity contribution in [3.8, 4) is 0 Å². The summed E-state index contributed by atoms with van der Waals surface area (Å²) in [6.45, 7) is 1.82. The first-order chi connectivity index (χ1) is 15.3. The fourth-order valence-corrected chi connectivity index (χ4v) is 5.86. The Morgan fingerprint density at radius 1 is 1.03 bits per heavy atom. The minimum atomic E-state index is -3.82. The summed E-state index contributed by atoms with van der Waals surface area (Å²) in [6, 6.07) is 8.19. The number of aromatic amines is 1. The number of aromatic nitrogens is 1. The maximum atomic E-state index is 13.2. The zero-order valence-corrected chi connectivity index (χ0v) is 19.3. The number of hydrogen-bond acceptors (Lipinski definition) is 4. The van der Waals surface area contributed by atoms with Gasteiger partial charge in [-0.2, -0.15) is 4.31 Å². The minimum absolute atomic E-state index is 0.0524. The summed E-state index contributed by atoms with van der Waals surface area (Å²) in [7, 11) is -3.82. The van der Waals surface area contributed by atoms with Gasteiger partial charge in [-0.05, 0) is 62.4 Å². The van der Waals surface area contributed by atoms with Crippen LogP contribution in [0.15, 0.2) is 41.4 Å². The van der Waals surface area contributed by atoms with Gasteiger partial charge in [-0.3, -0.25) is 9.59 Å². The summed E-state index contributed by atoms with van der Waals surface area (Å²) in [5.74, 6) is -0.852. The van der Waals surface area contributed by atoms with Crippen LogP contribution in [-0.4, -0.2) is 60.6 Å². The number of nitrogens with zero attached hydrogens (tertiary/aromatic N) is 2. The number of carbonyl (C=O) groups is 2. The van der Waals surface area contributed by atoms with Gasteiger partial charge in [0.1, 0.15) is 10.6 Å². The van der Waals surface area contributed by atoms with Gasteiger partial charge < -0.3 is 15.2 Å². The van der Waals surface area contributed by atoms with Crippen LogP contribution in [0.4, 0.5) is 5.69 Å². The van der Waals surface area contributed by atoms with Crippen LogP contribution in [0.1, 0.15) is 42.6 Å². The van der Waals surface area contributed by atoms with E-state index < -0.39 is 15.9 Å². The van der Waals surface area contributed by atoms with Crippen LogP contribution in [0.25, 0.3) is 0 Å². The van der Waals surface area contributed by atoms with Gasteiger partial charge in [0.15, 0.2) is 0 Å². The van der Waals surface area contributed by atoms with E-state index in [1.54, 1.807) is 29.2 Å². The van der Waals surface area contributed by atoms with Crippen LogP contribution in [0.5, 0.6) is 0 Å². The van der Waals surface area contributed by atoms with Crippen LogP contribution in [0.3, 0.4) is 0 Å². The second-order valence-electron chi connectivity index (χ2n) is 8.30. The van der Waals surface area contributed by atoms with E-state index in [1.165, 1.54) is 16.6 Å². The molecule has 1 aromatic heterocycles. The molecule has 0 aliphatic carbocycles. The number of halogens is 1. The first-order valence-electron chi connectivity index (χ1n) is 10.9. The van der Waals surface area contributed by atoms with Crippen LogP contribution >= 0.6 is 11.6 Å². The Labute approximate surface area is 193 Å². The van der Waals surface area contributed by atoms with Crippen molar-refractivity contribution in [2.45, 2.75) is 37.0 Å². The number of piperidine rings is 2. The third-order valence-electron chi connectivity index (χ3n) is 6.03. The van der Waals surface area contributed by atoms with Gasteiger partial charge in [-0.15, -0.1) is 0 Å². The minimum Gasteiger partial charge on any atom is -0.356 e. The Bertz CT molecular complexity index is 1080. The van der Waals surface area contributed by atoms with Gasteiger partial charge in [0.2, 0.25) is 15.9 Å². The van der Waals surface area contributed by atoms with Crippen molar-refractivity contribution in [1.82, 2.24) is 14.2 Å². The van der Waals surface area contributed by atoms with E-state index in [0.29, 0.717) is 43.2 Å². The second-order valence-corrected chi connectivity index (χ2v) is 10.7. The lowest BCUT2D eigenvalue weighted by Crippen LogP contribution is -2.43. The molecule has 0 saturated carbocycles. The molecule has 1 aromatic carbocycles. The Balaban J connectivity index is 1.43. The average Bonchev–Trinajstić information content (AvgIpc) is 3.32. The molecule has 0 spiro atoms. The second kappa shape index (κ2) is 9.64. The Morgan fingerprint density at radius 3 is 2.47 bits per heavy atom. The number of sulfonamides is 1. The standard InChI is InChI=1S/C22H27ClN4O4S/c23-17-6-8-18(9-7-17)25-21(28)16-5-4-12-27(15-16)32(30,31)19-13-20(24-14-19)22(29)26-10-2-1-3-11-26/h6-9,13-14,16,24H,1-5,10-12,15H2,(H,25,28). The monoisotopic (exact) mass is 478 g/mol. The molecule has 0 bridgehead atoms. The van der Waals surface area contributed by atoms with Gasteiger partial charge in [0.25, 0.3) is 5.91 Å². The Kier molecular flexibility index (Phi) is 6.88. The highest BCUT2D eigenvalue weighted by Gasteiger charge is 2.34. The average molecular weight is 479 g/mol. The van der Waals surface area contributed by atoms with Gasteiger partial charge in [-0.25, -0.2) is 8.42 Å². The largest absolute Gasteiger partial charge is 0.356 e. The lowest BCUT2D eigenvalue weighted by Gasteiger charge is -2.31. The highest BCUT2D eigenvalue weighted by Crippen LogP contribution is 2.26. The van der Waals surface area contributed by atoms with Crippen molar-refractivity contribution in [2.75, 3.05) is 31.5 Å². The molecule has 8 nitrogen and oxygen atoms in total. The van der Waals surface area contributed by atoms with E-state index >= 15 is 0 Å². The van der Waals surface area contributed by atoms with Gasteiger partial charge in [0, 0.05) is 43.1 Å². The van der Waals surface area contributed by atoms with E-state index in [2.05, 4.69) is 10.3 Å². The summed E-state index contributed by atoms with van der Waals surface area (Å²) >= 11 is 5.88. The molecule has 4 rings (SSSR count). The van der Waals surface area contributed by atoms with Crippen LogP contribution in [0, 0.1) is 5.92 Å². The highest BCUT2D eigenvalue weighted by atomic mass is 35.5. The lowest BCUT2D eigenvalue weighted by atomic mass is 9.99. The quantitative estimate of drug-likeness (QED) is 0.687. The van der Waals surface area contributed by atoms with Gasteiger partial charge in [-0.1, -0.05) is 11.6 Å². The third kappa shape index (κ3) is 5.00. The predicted molar refractivity (Wildman–Crippen MR) is 122 cm³/mol. The molecule has 2 saturated heterocycles. The molecule has 32 heavy (non-hydrogen) atoms. The number of H-pyrrole nitrogens is 1. The van der Waals surface area contributed by atoms with E-state index in [4.69, 9.17) is 11.6 Å². The van der Waals surface area contributed by atoms with Crippen molar-refractivity contribution in [3.63, 3.8) is 0 Å². The van der Waals surface area contributed by atoms with Crippen LogP contribution < -0.4 is 5.32 Å². The van der Waals surface area contributed by atoms with E-state index in [9.17, 15) is 18.0 Å². The maximum Gasteiger partial charge on any atom is 0.270 e. The van der Waals surface area contributed by atoms with Gasteiger partial charge in [0.05, 0.1) is 5.92 Å². The molecule has 1 atom stereocenters. The fraction of sp³-hybridized carbons (Fsp3) is 0.455. The summed E-state index contributed by atoms with van der Waals surface area (Å²) < 4.78 is 27.7. The molecule has 2 amide bonds. The number of rotatable bonds is 5. The molecule has 2 fully saturated rings. The number of carbonyl (C=O) groups excluding carboxylic acids is 2. The molecule has 10 heteroatoms. The molecular formula is C22H27ClN4O4S. The first-order valence-corrected chi connectivity index (χ1v) is 12.7. The molecule has 1 unspecified atom stereocenters. The van der Waals surface area contributed by atoms with Crippen molar-refractivity contribution >= 4 is 39.1 Å². The van der Waals surface area contributed by atoms with E-state index in [-0.39, 0.29) is 28.9 Å². The van der Waals surface area contributed by atoms with Crippen molar-refractivity contribution in [3.05, 3.63) is 47.2 Å². The number of nitrogens with one attached hydrogen (secondary N) is 2. The lowest BCUT2D eigenvalue weighted by molar-refractivity contribution is -0.120. The SMILES string of the molecule is O=C(Nc1ccc(Cl)cc1)C1CCCN(S(=O)(=O)c2c[nH]c(C(=O)N3CCCCC3)c2)C1. The number of likely N-dealkylation sites (tertiary alicyclic amines) is 1. The fourth-order valence-electron chi connectivity index (χ4n) is 4.22. The molecule has 0 radical (unpaired) electrons. The Morgan fingerprint density at radius 2 is 1.75 bits per heavy atom. The number of benzene rings is 1. The van der Waals surface area contributed by atoms with Crippen LogP contribution in [-0.2, 0) is 14.8 Å². The number of anilines is 1. The predicted octanol–water partition coefficient (Wildman–Crippen LogP) is 3.33. The van der Waals surface area contributed by atoms with Crippen molar-refractivity contribution < 1.29 is 18.0 Å². The summed E-state index contributed by atoms with van der Waals surface area (Å²) in [4.78, 5) is 30.0. The number of amides is 2. The molecule has 2 aliphatic heterocycles.